The number of pyridine rings is 1. The van der Waals surface area contributed by atoms with Crippen molar-refractivity contribution in [2.24, 2.45) is 0 Å². The zero-order valence-electron chi connectivity index (χ0n) is 10.7. The number of halogens is 5. The van der Waals surface area contributed by atoms with Crippen LogP contribution in [0.25, 0.3) is 0 Å². The summed E-state index contributed by atoms with van der Waals surface area (Å²) in [6.07, 6.45) is -4.57. The highest BCUT2D eigenvalue weighted by Crippen LogP contribution is 2.31. The van der Waals surface area contributed by atoms with Crippen LogP contribution in [0.5, 0.6) is 0 Å². The van der Waals surface area contributed by atoms with Crippen LogP contribution < -0.4 is 10.9 Å². The molecule has 1 amide bonds. The van der Waals surface area contributed by atoms with Crippen molar-refractivity contribution in [1.29, 1.82) is 0 Å². The molecule has 4 nitrogen and oxygen atoms in total. The smallest absolute Gasteiger partial charge is 0.282 e. The summed E-state index contributed by atoms with van der Waals surface area (Å²) in [7, 11) is 0. The van der Waals surface area contributed by atoms with Gasteiger partial charge in [0.15, 0.2) is 0 Å². The Labute approximate surface area is 133 Å². The second-order valence-corrected chi connectivity index (χ2v) is 4.91. The molecule has 0 atom stereocenters. The Kier molecular flexibility index (Phi) is 4.77. The number of anilines is 1. The number of hydrogen-bond donors (Lipinski definition) is 2. The lowest BCUT2D eigenvalue weighted by Gasteiger charge is -2.12. The van der Waals surface area contributed by atoms with Crippen molar-refractivity contribution >= 4 is 34.9 Å². The fourth-order valence-corrected chi connectivity index (χ4v) is 1.99. The van der Waals surface area contributed by atoms with Gasteiger partial charge in [-0.25, -0.2) is 4.98 Å². The van der Waals surface area contributed by atoms with Gasteiger partial charge < -0.3 is 0 Å². The van der Waals surface area contributed by atoms with Gasteiger partial charge in [-0.2, -0.15) is 13.2 Å². The minimum Gasteiger partial charge on any atom is -0.282 e. The van der Waals surface area contributed by atoms with E-state index < -0.39 is 17.6 Å². The Hall–Kier alpha value is -1.99. The Bertz CT molecular complexity index is 707. The second kappa shape index (κ2) is 6.41. The molecule has 1 aromatic heterocycles. The standard InChI is InChI=1S/C13H8Cl2F3N3O/c14-9-4-2-1-3-8(9)12(22)21-20-11-6-7(13(16,17)18)5-10(15)19-11/h1-6H,(H,19,20)(H,21,22). The maximum atomic E-state index is 12.6. The summed E-state index contributed by atoms with van der Waals surface area (Å²) >= 11 is 11.4. The summed E-state index contributed by atoms with van der Waals surface area (Å²) in [5, 5.41) is -0.152. The van der Waals surface area contributed by atoms with Gasteiger partial charge >= 0.3 is 6.18 Å². The molecule has 0 aliphatic carbocycles. The zero-order valence-corrected chi connectivity index (χ0v) is 12.2. The van der Waals surface area contributed by atoms with Gasteiger partial charge in [0.2, 0.25) is 0 Å². The monoisotopic (exact) mass is 349 g/mol. The van der Waals surface area contributed by atoms with E-state index in [-0.39, 0.29) is 21.6 Å². The predicted octanol–water partition coefficient (Wildman–Crippen LogP) is 4.16. The quantitative estimate of drug-likeness (QED) is 0.646. The highest BCUT2D eigenvalue weighted by molar-refractivity contribution is 6.33. The number of amides is 1. The first-order valence-corrected chi connectivity index (χ1v) is 6.58. The first-order chi connectivity index (χ1) is 10.3. The van der Waals surface area contributed by atoms with Gasteiger partial charge in [-0.15, -0.1) is 0 Å². The van der Waals surface area contributed by atoms with E-state index in [9.17, 15) is 18.0 Å². The number of carbonyl (C=O) groups excluding carboxylic acids is 1. The number of rotatable bonds is 3. The number of carbonyl (C=O) groups is 1. The van der Waals surface area contributed by atoms with E-state index in [2.05, 4.69) is 15.8 Å². The topological polar surface area (TPSA) is 54.0 Å². The van der Waals surface area contributed by atoms with Crippen LogP contribution in [0.3, 0.4) is 0 Å². The summed E-state index contributed by atoms with van der Waals surface area (Å²) in [5.74, 6) is -0.874. The molecule has 2 N–H and O–H groups in total. The normalized spacial score (nSPS) is 11.1. The third kappa shape index (κ3) is 4.02. The Morgan fingerprint density at radius 2 is 1.82 bits per heavy atom. The predicted molar refractivity (Wildman–Crippen MR) is 76.8 cm³/mol. The minimum absolute atomic E-state index is 0.162. The van der Waals surface area contributed by atoms with Crippen LogP contribution in [0.4, 0.5) is 19.0 Å². The molecule has 9 heteroatoms. The van der Waals surface area contributed by atoms with Gasteiger partial charge in [-0.1, -0.05) is 35.3 Å². The van der Waals surface area contributed by atoms with Crippen LogP contribution in [0.1, 0.15) is 15.9 Å². The summed E-state index contributed by atoms with van der Waals surface area (Å²) < 4.78 is 37.9. The van der Waals surface area contributed by atoms with Gasteiger partial charge in [-0.3, -0.25) is 15.6 Å². The number of nitrogens with one attached hydrogen (secondary N) is 2. The van der Waals surface area contributed by atoms with E-state index >= 15 is 0 Å². The number of hydrogen-bond acceptors (Lipinski definition) is 3. The fourth-order valence-electron chi connectivity index (χ4n) is 1.56. The molecule has 0 radical (unpaired) electrons. The van der Waals surface area contributed by atoms with E-state index in [1.165, 1.54) is 12.1 Å². The number of nitrogens with zero attached hydrogens (tertiary/aromatic N) is 1. The van der Waals surface area contributed by atoms with E-state index in [4.69, 9.17) is 23.2 Å². The molecule has 0 unspecified atom stereocenters. The van der Waals surface area contributed by atoms with Gasteiger partial charge in [0.1, 0.15) is 11.0 Å². The molecule has 0 spiro atoms. The van der Waals surface area contributed by atoms with Crippen LogP contribution in [0, 0.1) is 0 Å². The minimum atomic E-state index is -4.57. The van der Waals surface area contributed by atoms with Crippen molar-refractivity contribution in [3.05, 3.63) is 57.7 Å². The molecular formula is C13H8Cl2F3N3O. The Morgan fingerprint density at radius 1 is 1.14 bits per heavy atom. The lowest BCUT2D eigenvalue weighted by molar-refractivity contribution is -0.137. The molecule has 0 saturated carbocycles. The van der Waals surface area contributed by atoms with Gasteiger partial charge in [0, 0.05) is 0 Å². The molecule has 0 aliphatic rings. The van der Waals surface area contributed by atoms with Crippen LogP contribution in [-0.2, 0) is 6.18 Å². The molecular weight excluding hydrogens is 342 g/mol. The van der Waals surface area contributed by atoms with Gasteiger partial charge in [-0.05, 0) is 24.3 Å². The van der Waals surface area contributed by atoms with Crippen molar-refractivity contribution in [3.63, 3.8) is 0 Å². The summed E-state index contributed by atoms with van der Waals surface area (Å²) in [6.45, 7) is 0. The third-order valence-electron chi connectivity index (χ3n) is 2.54. The fraction of sp³-hybridized carbons (Fsp3) is 0.0769. The van der Waals surface area contributed by atoms with Gasteiger partial charge in [0.05, 0.1) is 16.1 Å². The van der Waals surface area contributed by atoms with Crippen molar-refractivity contribution in [3.8, 4) is 0 Å². The highest BCUT2D eigenvalue weighted by Gasteiger charge is 2.31. The van der Waals surface area contributed by atoms with Crippen molar-refractivity contribution < 1.29 is 18.0 Å². The maximum absolute atomic E-state index is 12.6. The Balaban J connectivity index is 2.14. The van der Waals surface area contributed by atoms with Crippen molar-refractivity contribution in [1.82, 2.24) is 10.4 Å². The number of hydrazine groups is 1. The number of aromatic nitrogens is 1. The molecule has 2 rings (SSSR count). The van der Waals surface area contributed by atoms with Crippen LogP contribution in [0.15, 0.2) is 36.4 Å². The van der Waals surface area contributed by atoms with E-state index in [1.807, 2.05) is 0 Å². The first-order valence-electron chi connectivity index (χ1n) is 5.83. The van der Waals surface area contributed by atoms with E-state index in [1.54, 1.807) is 12.1 Å². The summed E-state index contributed by atoms with van der Waals surface area (Å²) in [5.41, 5.74) is 3.65. The lowest BCUT2D eigenvalue weighted by Crippen LogP contribution is -2.30. The van der Waals surface area contributed by atoms with Crippen molar-refractivity contribution in [2.75, 3.05) is 5.43 Å². The Morgan fingerprint density at radius 3 is 2.45 bits per heavy atom. The van der Waals surface area contributed by atoms with E-state index in [0.29, 0.717) is 6.07 Å². The third-order valence-corrected chi connectivity index (χ3v) is 3.07. The average molecular weight is 350 g/mol. The second-order valence-electron chi connectivity index (χ2n) is 4.12. The maximum Gasteiger partial charge on any atom is 0.416 e. The average Bonchev–Trinajstić information content (AvgIpc) is 2.44. The molecule has 1 aromatic carbocycles. The highest BCUT2D eigenvalue weighted by atomic mass is 35.5. The molecule has 0 fully saturated rings. The number of benzene rings is 1. The molecule has 116 valence electrons. The molecule has 2 aromatic rings. The molecule has 0 saturated heterocycles. The summed E-state index contributed by atoms with van der Waals surface area (Å²) in [4.78, 5) is 15.5. The van der Waals surface area contributed by atoms with E-state index in [0.717, 1.165) is 6.07 Å². The molecule has 0 aliphatic heterocycles. The largest absolute Gasteiger partial charge is 0.416 e. The van der Waals surface area contributed by atoms with Crippen LogP contribution in [-0.4, -0.2) is 10.9 Å². The molecule has 22 heavy (non-hydrogen) atoms. The lowest BCUT2D eigenvalue weighted by atomic mass is 10.2. The first kappa shape index (κ1) is 16.4. The summed E-state index contributed by atoms with van der Waals surface area (Å²) in [6, 6.07) is 7.62. The van der Waals surface area contributed by atoms with Gasteiger partial charge in [0.25, 0.3) is 5.91 Å². The SMILES string of the molecule is O=C(NNc1cc(C(F)(F)F)cc(Cl)n1)c1ccccc1Cl. The molecule has 0 bridgehead atoms. The van der Waals surface area contributed by atoms with Crippen LogP contribution >= 0.6 is 23.2 Å². The number of alkyl halides is 3. The zero-order chi connectivity index (χ0) is 16.3. The van der Waals surface area contributed by atoms with Crippen LogP contribution in [0.2, 0.25) is 10.2 Å². The van der Waals surface area contributed by atoms with Crippen molar-refractivity contribution in [2.45, 2.75) is 6.18 Å². The molecule has 1 heterocycles.